The highest BCUT2D eigenvalue weighted by Gasteiger charge is 2.25. The first-order valence-corrected chi connectivity index (χ1v) is 13.3. The maximum atomic E-state index is 13.5. The van der Waals surface area contributed by atoms with Crippen LogP contribution < -0.4 is 5.32 Å². The van der Waals surface area contributed by atoms with E-state index >= 15 is 0 Å². The molecule has 0 spiro atoms. The normalized spacial score (nSPS) is 12.7. The lowest BCUT2D eigenvalue weighted by molar-refractivity contribution is -0.117. The van der Waals surface area contributed by atoms with Gasteiger partial charge in [-0.3, -0.25) is 4.79 Å². The van der Waals surface area contributed by atoms with Crippen molar-refractivity contribution in [1.29, 1.82) is 0 Å². The molecule has 0 saturated carbocycles. The molecule has 1 aromatic carbocycles. The fourth-order valence-corrected chi connectivity index (χ4v) is 4.30. The zero-order valence-corrected chi connectivity index (χ0v) is 22.5. The summed E-state index contributed by atoms with van der Waals surface area (Å²) in [7, 11) is 0. The van der Waals surface area contributed by atoms with Gasteiger partial charge in [0, 0.05) is 6.54 Å². The minimum Gasteiger partial charge on any atom is -0.493 e. The molecular weight excluding hydrogens is 406 g/mol. The van der Waals surface area contributed by atoms with Crippen LogP contribution in [0.4, 0.5) is 0 Å². The fourth-order valence-electron chi connectivity index (χ4n) is 4.30. The van der Waals surface area contributed by atoms with Gasteiger partial charge in [0.1, 0.15) is 5.76 Å². The van der Waals surface area contributed by atoms with Gasteiger partial charge in [-0.1, -0.05) is 89.5 Å². The van der Waals surface area contributed by atoms with Gasteiger partial charge in [0.15, 0.2) is 0 Å². The Bertz CT molecular complexity index is 768. The van der Waals surface area contributed by atoms with Crippen molar-refractivity contribution in [2.24, 2.45) is 5.92 Å². The number of carbonyl (C=O) groups is 1. The second-order valence-corrected chi connectivity index (χ2v) is 9.24. The van der Waals surface area contributed by atoms with Crippen LogP contribution in [-0.2, 0) is 9.53 Å². The quantitative estimate of drug-likeness (QED) is 0.118. The highest BCUT2D eigenvalue weighted by atomic mass is 16.5. The smallest absolute Gasteiger partial charge is 0.255 e. The lowest BCUT2D eigenvalue weighted by Crippen LogP contribution is -2.27. The molecule has 0 bridgehead atoms. The van der Waals surface area contributed by atoms with E-state index in [4.69, 9.17) is 4.74 Å². The Balaban J connectivity index is 3.70. The number of hydrogen-bond donors (Lipinski definition) is 1. The Hall–Kier alpha value is -2.03. The summed E-state index contributed by atoms with van der Waals surface area (Å²) in [6.45, 7) is 16.2. The van der Waals surface area contributed by atoms with Crippen LogP contribution in [0, 0.1) is 19.8 Å². The molecule has 186 valence electrons. The lowest BCUT2D eigenvalue weighted by atomic mass is 9.83. The maximum Gasteiger partial charge on any atom is 0.255 e. The first kappa shape index (κ1) is 29.0. The van der Waals surface area contributed by atoms with Crippen molar-refractivity contribution in [2.45, 2.75) is 106 Å². The van der Waals surface area contributed by atoms with Crippen molar-refractivity contribution in [3.8, 4) is 0 Å². The van der Waals surface area contributed by atoms with Crippen LogP contribution in [0.2, 0.25) is 0 Å². The zero-order valence-electron chi connectivity index (χ0n) is 22.5. The van der Waals surface area contributed by atoms with Gasteiger partial charge in [-0.15, -0.1) is 0 Å². The number of nitrogens with one attached hydrogen (secondary N) is 1. The van der Waals surface area contributed by atoms with Gasteiger partial charge in [-0.2, -0.15) is 0 Å². The first-order chi connectivity index (χ1) is 15.9. The minimum absolute atomic E-state index is 0.0252. The van der Waals surface area contributed by atoms with Gasteiger partial charge in [0.2, 0.25) is 0 Å². The third kappa shape index (κ3) is 9.78. The van der Waals surface area contributed by atoms with Crippen molar-refractivity contribution in [3.63, 3.8) is 0 Å². The number of hydrogen-bond acceptors (Lipinski definition) is 2. The SMILES string of the molecule is C/C=C(OCCCC)/C(C(=O)NCC)=C(/CC(CCCC)CCCC)c1cc(C)ccc1C. The highest BCUT2D eigenvalue weighted by Crippen LogP contribution is 2.36. The van der Waals surface area contributed by atoms with Crippen LogP contribution in [-0.4, -0.2) is 19.1 Å². The summed E-state index contributed by atoms with van der Waals surface area (Å²) in [4.78, 5) is 13.5. The molecule has 1 amide bonds. The molecule has 1 aromatic rings. The summed E-state index contributed by atoms with van der Waals surface area (Å²) < 4.78 is 6.22. The molecule has 0 heterocycles. The van der Waals surface area contributed by atoms with E-state index in [2.05, 4.69) is 58.1 Å². The largest absolute Gasteiger partial charge is 0.493 e. The number of likely N-dealkylation sites (N-methyl/N-ethyl adjacent to an activating group) is 1. The average molecular weight is 456 g/mol. The van der Waals surface area contributed by atoms with E-state index in [0.29, 0.717) is 19.1 Å². The number of allylic oxidation sites excluding steroid dienone is 2. The van der Waals surface area contributed by atoms with Crippen LogP contribution >= 0.6 is 0 Å². The number of carbonyl (C=O) groups excluding carboxylic acids is 1. The van der Waals surface area contributed by atoms with E-state index in [1.54, 1.807) is 0 Å². The Morgan fingerprint density at radius 1 is 1.00 bits per heavy atom. The van der Waals surface area contributed by atoms with Gasteiger partial charge in [-0.05, 0) is 69.2 Å². The molecule has 0 fully saturated rings. The maximum absolute atomic E-state index is 13.5. The molecule has 1 rings (SSSR count). The van der Waals surface area contributed by atoms with Crippen molar-refractivity contribution in [1.82, 2.24) is 5.32 Å². The monoisotopic (exact) mass is 455 g/mol. The number of rotatable bonds is 16. The van der Waals surface area contributed by atoms with E-state index < -0.39 is 0 Å². The Morgan fingerprint density at radius 3 is 2.18 bits per heavy atom. The molecule has 0 aliphatic heterocycles. The number of aryl methyl sites for hydroxylation is 2. The predicted octanol–water partition coefficient (Wildman–Crippen LogP) is 8.30. The molecule has 3 heteroatoms. The molecule has 0 aliphatic rings. The molecular formula is C30H49NO2. The summed E-state index contributed by atoms with van der Waals surface area (Å²) in [6, 6.07) is 6.59. The first-order valence-electron chi connectivity index (χ1n) is 13.3. The van der Waals surface area contributed by atoms with Crippen molar-refractivity contribution in [3.05, 3.63) is 52.3 Å². The molecule has 0 saturated heterocycles. The lowest BCUT2D eigenvalue weighted by Gasteiger charge is -2.24. The topological polar surface area (TPSA) is 38.3 Å². The van der Waals surface area contributed by atoms with Crippen molar-refractivity contribution >= 4 is 11.5 Å². The molecule has 1 N–H and O–H groups in total. The summed E-state index contributed by atoms with van der Waals surface area (Å²) in [5.74, 6) is 1.26. The zero-order chi connectivity index (χ0) is 24.6. The molecule has 0 radical (unpaired) electrons. The molecule has 0 atom stereocenters. The van der Waals surface area contributed by atoms with Crippen molar-refractivity contribution < 1.29 is 9.53 Å². The number of benzene rings is 1. The fraction of sp³-hybridized carbons (Fsp3) is 0.633. The Morgan fingerprint density at radius 2 is 1.64 bits per heavy atom. The van der Waals surface area contributed by atoms with E-state index in [9.17, 15) is 4.79 Å². The summed E-state index contributed by atoms with van der Waals surface area (Å²) in [5, 5.41) is 3.08. The third-order valence-electron chi connectivity index (χ3n) is 6.27. The van der Waals surface area contributed by atoms with Crippen LogP contribution in [0.3, 0.4) is 0 Å². The molecule has 0 unspecified atom stereocenters. The standard InChI is InChI=1S/C30H49NO2/c1-8-13-16-25(17-14-9-2)22-27(26-21-23(6)18-19-24(26)7)29(30(32)31-12-5)28(11-4)33-20-15-10-3/h11,18-19,21,25H,8-10,12-17,20,22H2,1-7H3,(H,31,32)/b28-11-,29-27+. The van der Waals surface area contributed by atoms with Gasteiger partial charge in [0.05, 0.1) is 12.2 Å². The second-order valence-electron chi connectivity index (χ2n) is 9.24. The number of ether oxygens (including phenoxy) is 1. The molecule has 33 heavy (non-hydrogen) atoms. The second kappa shape index (κ2) is 16.6. The van der Waals surface area contributed by atoms with Crippen molar-refractivity contribution in [2.75, 3.05) is 13.2 Å². The molecule has 0 aromatic heterocycles. The minimum atomic E-state index is -0.0252. The summed E-state index contributed by atoms with van der Waals surface area (Å²) >= 11 is 0. The van der Waals surface area contributed by atoms with E-state index in [0.717, 1.165) is 36.2 Å². The molecule has 0 aliphatic carbocycles. The van der Waals surface area contributed by atoms with Gasteiger partial charge >= 0.3 is 0 Å². The highest BCUT2D eigenvalue weighted by molar-refractivity contribution is 6.05. The van der Waals surface area contributed by atoms with E-state index in [1.165, 1.54) is 55.2 Å². The van der Waals surface area contributed by atoms with Crippen LogP contribution in [0.25, 0.3) is 5.57 Å². The predicted molar refractivity (Wildman–Crippen MR) is 143 cm³/mol. The average Bonchev–Trinajstić information content (AvgIpc) is 2.80. The van der Waals surface area contributed by atoms with Gasteiger partial charge in [-0.25, -0.2) is 0 Å². The summed E-state index contributed by atoms with van der Waals surface area (Å²) in [5.41, 5.74) is 5.49. The van der Waals surface area contributed by atoms with Gasteiger partial charge < -0.3 is 10.1 Å². The van der Waals surface area contributed by atoms with Crippen LogP contribution in [0.5, 0.6) is 0 Å². The third-order valence-corrected chi connectivity index (χ3v) is 6.27. The van der Waals surface area contributed by atoms with Crippen LogP contribution in [0.15, 0.2) is 35.6 Å². The van der Waals surface area contributed by atoms with E-state index in [1.807, 2.05) is 19.9 Å². The van der Waals surface area contributed by atoms with Crippen LogP contribution in [0.1, 0.15) is 109 Å². The molecule has 3 nitrogen and oxygen atoms in total. The summed E-state index contributed by atoms with van der Waals surface area (Å²) in [6.07, 6.45) is 12.2. The Labute approximate surface area is 204 Å². The van der Waals surface area contributed by atoms with E-state index in [-0.39, 0.29) is 5.91 Å². The van der Waals surface area contributed by atoms with Gasteiger partial charge in [0.25, 0.3) is 5.91 Å². The Kier molecular flexibility index (Phi) is 14.6. The number of unbranched alkanes of at least 4 members (excludes halogenated alkanes) is 3. The number of amides is 1.